The summed E-state index contributed by atoms with van der Waals surface area (Å²) in [4.78, 5) is 36.7. The lowest BCUT2D eigenvalue weighted by Gasteiger charge is -2.27. The van der Waals surface area contributed by atoms with Crippen LogP contribution in [0.15, 0.2) is 48.5 Å². The Labute approximate surface area is 202 Å². The van der Waals surface area contributed by atoms with Crippen LogP contribution in [0.25, 0.3) is 11.0 Å². The summed E-state index contributed by atoms with van der Waals surface area (Å²) in [7, 11) is 2.08. The van der Waals surface area contributed by atoms with Gasteiger partial charge in [0.2, 0.25) is 11.8 Å². The minimum atomic E-state index is 0.0331. The second-order valence-corrected chi connectivity index (χ2v) is 9.03. The van der Waals surface area contributed by atoms with E-state index in [1.54, 1.807) is 6.92 Å². The molecule has 0 saturated heterocycles. The largest absolute Gasteiger partial charge is 0.337 e. The molecule has 2 amide bonds. The van der Waals surface area contributed by atoms with Gasteiger partial charge >= 0.3 is 0 Å². The number of aromatic nitrogens is 2. The molecule has 0 N–H and O–H groups in total. The number of rotatable bonds is 4. The number of likely N-dealkylation sites (N-methyl/N-ethyl adjacent to an activating group) is 1. The van der Waals surface area contributed by atoms with Crippen LogP contribution in [-0.4, -0.2) is 64.4 Å². The maximum atomic E-state index is 13.5. The predicted molar refractivity (Wildman–Crippen MR) is 136 cm³/mol. The van der Waals surface area contributed by atoms with Gasteiger partial charge < -0.3 is 19.3 Å². The maximum absolute atomic E-state index is 13.5. The second kappa shape index (κ2) is 10.8. The molecule has 0 bridgehead atoms. The van der Waals surface area contributed by atoms with Gasteiger partial charge in [-0.05, 0) is 50.7 Å². The average Bonchev–Trinajstić information content (AvgIpc) is 3.19. The molecule has 0 fully saturated rings. The SMILES string of the molecule is CCn1c(CCC(=O)N2CCN(C)CCCN(C(C)=O)c3ccccc3C2)nc2ccccc21. The number of aryl methyl sites for hydroxylation is 2. The smallest absolute Gasteiger partial charge is 0.223 e. The van der Waals surface area contributed by atoms with Gasteiger partial charge in [-0.15, -0.1) is 0 Å². The van der Waals surface area contributed by atoms with Crippen LogP contribution in [-0.2, 0) is 29.1 Å². The van der Waals surface area contributed by atoms with E-state index in [0.29, 0.717) is 32.5 Å². The van der Waals surface area contributed by atoms with Gasteiger partial charge in [-0.2, -0.15) is 0 Å². The van der Waals surface area contributed by atoms with Gasteiger partial charge in [0.1, 0.15) is 5.82 Å². The van der Waals surface area contributed by atoms with E-state index >= 15 is 0 Å². The Bertz CT molecular complexity index is 1150. The van der Waals surface area contributed by atoms with E-state index in [0.717, 1.165) is 54.2 Å². The summed E-state index contributed by atoms with van der Waals surface area (Å²) in [5.74, 6) is 1.10. The topological polar surface area (TPSA) is 61.7 Å². The summed E-state index contributed by atoms with van der Waals surface area (Å²) >= 11 is 0. The Morgan fingerprint density at radius 3 is 2.53 bits per heavy atom. The first-order chi connectivity index (χ1) is 16.5. The van der Waals surface area contributed by atoms with Gasteiger partial charge in [-0.25, -0.2) is 4.98 Å². The third-order valence-corrected chi connectivity index (χ3v) is 6.66. The van der Waals surface area contributed by atoms with Crippen molar-refractivity contribution in [3.63, 3.8) is 0 Å². The fourth-order valence-electron chi connectivity index (χ4n) is 4.80. The highest BCUT2D eigenvalue weighted by molar-refractivity contribution is 5.92. The molecule has 1 aliphatic heterocycles. The Balaban J connectivity index is 1.56. The van der Waals surface area contributed by atoms with Crippen molar-refractivity contribution >= 4 is 28.5 Å². The quantitative estimate of drug-likeness (QED) is 0.594. The van der Waals surface area contributed by atoms with Crippen LogP contribution < -0.4 is 4.90 Å². The molecule has 1 aromatic heterocycles. The van der Waals surface area contributed by atoms with Crippen molar-refractivity contribution in [1.29, 1.82) is 0 Å². The molecule has 7 heteroatoms. The molecule has 0 atom stereocenters. The van der Waals surface area contributed by atoms with Gasteiger partial charge in [0.15, 0.2) is 0 Å². The van der Waals surface area contributed by atoms with Crippen LogP contribution in [0.5, 0.6) is 0 Å². The molecule has 0 aliphatic carbocycles. The highest BCUT2D eigenvalue weighted by Gasteiger charge is 2.22. The molecule has 180 valence electrons. The summed E-state index contributed by atoms with van der Waals surface area (Å²) in [5, 5.41) is 0. The molecule has 2 aromatic carbocycles. The lowest BCUT2D eigenvalue weighted by molar-refractivity contribution is -0.132. The molecule has 0 unspecified atom stereocenters. The number of carbonyl (C=O) groups excluding carboxylic acids is 2. The highest BCUT2D eigenvalue weighted by atomic mass is 16.2. The van der Waals surface area contributed by atoms with Crippen molar-refractivity contribution in [1.82, 2.24) is 19.4 Å². The van der Waals surface area contributed by atoms with E-state index in [9.17, 15) is 9.59 Å². The summed E-state index contributed by atoms with van der Waals surface area (Å²) in [6.07, 6.45) is 1.91. The first kappa shape index (κ1) is 24.0. The summed E-state index contributed by atoms with van der Waals surface area (Å²) in [5.41, 5.74) is 4.01. The van der Waals surface area contributed by atoms with Crippen molar-refractivity contribution < 1.29 is 9.59 Å². The lowest BCUT2D eigenvalue weighted by atomic mass is 10.1. The number of hydrogen-bond acceptors (Lipinski definition) is 4. The Hall–Kier alpha value is -3.19. The van der Waals surface area contributed by atoms with Crippen LogP contribution in [0.3, 0.4) is 0 Å². The first-order valence-corrected chi connectivity index (χ1v) is 12.2. The Morgan fingerprint density at radius 1 is 0.971 bits per heavy atom. The summed E-state index contributed by atoms with van der Waals surface area (Å²) in [6, 6.07) is 16.1. The van der Waals surface area contributed by atoms with Crippen molar-refractivity contribution in [3.05, 3.63) is 59.9 Å². The van der Waals surface area contributed by atoms with E-state index in [1.165, 1.54) is 0 Å². The van der Waals surface area contributed by atoms with Crippen LogP contribution in [0.2, 0.25) is 0 Å². The molecule has 2 heterocycles. The normalized spacial score (nSPS) is 15.7. The minimum Gasteiger partial charge on any atom is -0.337 e. The fraction of sp³-hybridized carbons (Fsp3) is 0.444. The zero-order chi connectivity index (χ0) is 24.1. The van der Waals surface area contributed by atoms with Crippen molar-refractivity contribution in [2.45, 2.75) is 46.2 Å². The predicted octanol–water partition coefficient (Wildman–Crippen LogP) is 3.71. The minimum absolute atomic E-state index is 0.0331. The average molecular weight is 462 g/mol. The number of amides is 2. The van der Waals surface area contributed by atoms with Gasteiger partial charge in [-0.3, -0.25) is 9.59 Å². The van der Waals surface area contributed by atoms with E-state index in [1.807, 2.05) is 52.3 Å². The summed E-state index contributed by atoms with van der Waals surface area (Å²) in [6.45, 7) is 8.08. The van der Waals surface area contributed by atoms with Crippen LogP contribution in [0.1, 0.15) is 38.1 Å². The number of imidazole rings is 1. The molecule has 0 radical (unpaired) electrons. The zero-order valence-electron chi connectivity index (χ0n) is 20.5. The third kappa shape index (κ3) is 5.30. The number of fused-ring (bicyclic) bond motifs is 2. The van der Waals surface area contributed by atoms with E-state index in [4.69, 9.17) is 4.98 Å². The number of para-hydroxylation sites is 3. The number of carbonyl (C=O) groups is 2. The van der Waals surface area contributed by atoms with Crippen molar-refractivity contribution in [3.8, 4) is 0 Å². The molecule has 0 saturated carbocycles. The number of benzene rings is 2. The van der Waals surface area contributed by atoms with Crippen LogP contribution in [0, 0.1) is 0 Å². The molecular weight excluding hydrogens is 426 g/mol. The second-order valence-electron chi connectivity index (χ2n) is 9.03. The molecule has 3 aromatic rings. The van der Waals surface area contributed by atoms with Gasteiger partial charge in [-0.1, -0.05) is 30.3 Å². The molecule has 1 aliphatic rings. The van der Waals surface area contributed by atoms with Gasteiger partial charge in [0.25, 0.3) is 0 Å². The number of nitrogens with zero attached hydrogens (tertiary/aromatic N) is 5. The number of hydrogen-bond donors (Lipinski definition) is 0. The Morgan fingerprint density at radius 2 is 1.74 bits per heavy atom. The lowest BCUT2D eigenvalue weighted by Crippen LogP contribution is -2.37. The zero-order valence-corrected chi connectivity index (χ0v) is 20.5. The summed E-state index contributed by atoms with van der Waals surface area (Å²) < 4.78 is 2.20. The van der Waals surface area contributed by atoms with Crippen LogP contribution in [0.4, 0.5) is 5.69 Å². The molecule has 4 rings (SSSR count). The fourth-order valence-corrected chi connectivity index (χ4v) is 4.80. The molecule has 7 nitrogen and oxygen atoms in total. The third-order valence-electron chi connectivity index (χ3n) is 6.66. The standard InChI is InChI=1S/C27H35N5O2/c1-4-31-25-13-8-6-11-23(25)28-26(31)14-15-27(34)30-19-18-29(3)16-9-17-32(21(2)33)24-12-7-5-10-22(24)20-30/h5-8,10-13H,4,9,14-20H2,1-3H3. The first-order valence-electron chi connectivity index (χ1n) is 12.2. The van der Waals surface area contributed by atoms with E-state index < -0.39 is 0 Å². The van der Waals surface area contributed by atoms with Gasteiger partial charge in [0.05, 0.1) is 11.0 Å². The van der Waals surface area contributed by atoms with E-state index in [-0.39, 0.29) is 11.8 Å². The van der Waals surface area contributed by atoms with Gasteiger partial charge in [0, 0.05) is 58.2 Å². The Kier molecular flexibility index (Phi) is 7.63. The van der Waals surface area contributed by atoms with Crippen molar-refractivity contribution in [2.75, 3.05) is 38.1 Å². The number of anilines is 1. The van der Waals surface area contributed by atoms with Crippen molar-refractivity contribution in [2.24, 2.45) is 0 Å². The monoisotopic (exact) mass is 461 g/mol. The molecule has 34 heavy (non-hydrogen) atoms. The molecule has 0 spiro atoms. The maximum Gasteiger partial charge on any atom is 0.223 e. The van der Waals surface area contributed by atoms with E-state index in [2.05, 4.69) is 29.5 Å². The highest BCUT2D eigenvalue weighted by Crippen LogP contribution is 2.24. The molecular formula is C27H35N5O2. The van der Waals surface area contributed by atoms with Crippen LogP contribution >= 0.6 is 0 Å².